The molecule has 110 valence electrons. The lowest BCUT2D eigenvalue weighted by Crippen LogP contribution is -2.62. The molecule has 1 saturated carbocycles. The van der Waals surface area contributed by atoms with Gasteiger partial charge in [0, 0.05) is 26.2 Å². The van der Waals surface area contributed by atoms with Gasteiger partial charge in [0.2, 0.25) is 5.91 Å². The van der Waals surface area contributed by atoms with Crippen LogP contribution in [-0.2, 0) is 4.79 Å². The first-order valence-corrected chi connectivity index (χ1v) is 7.46. The summed E-state index contributed by atoms with van der Waals surface area (Å²) in [5.41, 5.74) is -0.501. The number of hydrogen-bond acceptors (Lipinski definition) is 4. The molecule has 2 atom stereocenters. The van der Waals surface area contributed by atoms with Crippen LogP contribution >= 0.6 is 0 Å². The largest absolute Gasteiger partial charge is 0.391 e. The number of rotatable bonds is 3. The topological polar surface area (TPSA) is 64.6 Å². The number of nitrogens with one attached hydrogen (secondary N) is 2. The van der Waals surface area contributed by atoms with Gasteiger partial charge in [0.25, 0.3) is 0 Å². The minimum absolute atomic E-state index is 0.0420. The average molecular weight is 269 g/mol. The fraction of sp³-hybridized carbons (Fsp3) is 0.929. The Morgan fingerprint density at radius 3 is 2.53 bits per heavy atom. The van der Waals surface area contributed by atoms with Crippen LogP contribution in [0.25, 0.3) is 0 Å². The number of carbonyl (C=O) groups is 1. The number of aliphatic hydroxyl groups is 1. The summed E-state index contributed by atoms with van der Waals surface area (Å²) in [6, 6.07) is -0.0663. The van der Waals surface area contributed by atoms with Crippen LogP contribution in [0.15, 0.2) is 0 Å². The first kappa shape index (κ1) is 14.8. The van der Waals surface area contributed by atoms with Crippen molar-refractivity contribution in [3.8, 4) is 0 Å². The average Bonchev–Trinajstić information content (AvgIpc) is 2.42. The Balaban J connectivity index is 1.93. The molecular formula is C14H27N3O2. The summed E-state index contributed by atoms with van der Waals surface area (Å²) in [5, 5.41) is 16.3. The van der Waals surface area contributed by atoms with Crippen LogP contribution in [-0.4, -0.2) is 59.8 Å². The summed E-state index contributed by atoms with van der Waals surface area (Å²) in [6.07, 6.45) is 3.48. The van der Waals surface area contributed by atoms with Crippen LogP contribution in [0.3, 0.4) is 0 Å². The third kappa shape index (κ3) is 3.46. The van der Waals surface area contributed by atoms with E-state index in [0.29, 0.717) is 0 Å². The Bertz CT molecular complexity index is 314. The van der Waals surface area contributed by atoms with Crippen molar-refractivity contribution in [2.45, 2.75) is 57.2 Å². The Morgan fingerprint density at radius 1 is 1.26 bits per heavy atom. The van der Waals surface area contributed by atoms with E-state index in [9.17, 15) is 9.90 Å². The molecule has 2 rings (SSSR count). The maximum atomic E-state index is 12.5. The van der Waals surface area contributed by atoms with E-state index in [-0.39, 0.29) is 18.1 Å². The van der Waals surface area contributed by atoms with Crippen LogP contribution in [0.4, 0.5) is 0 Å². The molecule has 1 amide bonds. The number of carbonyl (C=O) groups excluding carboxylic acids is 1. The van der Waals surface area contributed by atoms with Gasteiger partial charge in [0.15, 0.2) is 0 Å². The highest BCUT2D eigenvalue weighted by atomic mass is 16.3. The minimum atomic E-state index is -0.501. The fourth-order valence-corrected chi connectivity index (χ4v) is 2.99. The van der Waals surface area contributed by atoms with Gasteiger partial charge in [0.05, 0.1) is 17.7 Å². The van der Waals surface area contributed by atoms with Gasteiger partial charge in [0.1, 0.15) is 0 Å². The van der Waals surface area contributed by atoms with E-state index in [2.05, 4.69) is 15.5 Å². The van der Waals surface area contributed by atoms with Crippen molar-refractivity contribution in [2.75, 3.05) is 26.2 Å². The van der Waals surface area contributed by atoms with E-state index in [1.54, 1.807) is 0 Å². The Morgan fingerprint density at radius 2 is 1.89 bits per heavy atom. The molecule has 1 saturated heterocycles. The second kappa shape index (κ2) is 6.20. The van der Waals surface area contributed by atoms with Gasteiger partial charge >= 0.3 is 0 Å². The van der Waals surface area contributed by atoms with Gasteiger partial charge in [-0.3, -0.25) is 9.69 Å². The lowest BCUT2D eigenvalue weighted by atomic mass is 9.91. The van der Waals surface area contributed by atoms with Gasteiger partial charge < -0.3 is 15.7 Å². The molecule has 19 heavy (non-hydrogen) atoms. The van der Waals surface area contributed by atoms with Crippen molar-refractivity contribution >= 4 is 5.91 Å². The zero-order chi connectivity index (χ0) is 13.9. The molecule has 0 bridgehead atoms. The Labute approximate surface area is 115 Å². The number of aliphatic hydroxyl groups excluding tert-OH is 1. The summed E-state index contributed by atoms with van der Waals surface area (Å²) in [7, 11) is 0. The van der Waals surface area contributed by atoms with Crippen molar-refractivity contribution in [3.63, 3.8) is 0 Å². The van der Waals surface area contributed by atoms with Gasteiger partial charge in [-0.2, -0.15) is 0 Å². The summed E-state index contributed by atoms with van der Waals surface area (Å²) in [5.74, 6) is 0.0420. The molecule has 0 spiro atoms. The van der Waals surface area contributed by atoms with Crippen molar-refractivity contribution in [1.82, 2.24) is 15.5 Å². The third-order valence-corrected chi connectivity index (χ3v) is 4.51. The molecule has 0 aromatic heterocycles. The quantitative estimate of drug-likeness (QED) is 0.679. The molecule has 0 aromatic rings. The third-order valence-electron chi connectivity index (χ3n) is 4.51. The van der Waals surface area contributed by atoms with E-state index >= 15 is 0 Å². The highest BCUT2D eigenvalue weighted by molar-refractivity contribution is 5.85. The van der Waals surface area contributed by atoms with Crippen LogP contribution in [0.5, 0.6) is 0 Å². The van der Waals surface area contributed by atoms with Crippen LogP contribution in [0, 0.1) is 0 Å². The molecule has 0 aromatic carbocycles. The van der Waals surface area contributed by atoms with E-state index in [1.807, 2.05) is 13.8 Å². The highest BCUT2D eigenvalue weighted by Gasteiger charge is 2.37. The van der Waals surface area contributed by atoms with E-state index in [1.165, 1.54) is 0 Å². The number of amides is 1. The second-order valence-electron chi connectivity index (χ2n) is 6.23. The Kier molecular flexibility index (Phi) is 4.81. The molecule has 2 fully saturated rings. The summed E-state index contributed by atoms with van der Waals surface area (Å²) in [6.45, 7) is 7.61. The number of hydrogen-bond donors (Lipinski definition) is 3. The summed E-state index contributed by atoms with van der Waals surface area (Å²) in [4.78, 5) is 14.7. The van der Waals surface area contributed by atoms with Crippen molar-refractivity contribution in [3.05, 3.63) is 0 Å². The molecule has 5 nitrogen and oxygen atoms in total. The van der Waals surface area contributed by atoms with E-state index in [4.69, 9.17) is 0 Å². The maximum absolute atomic E-state index is 12.5. The molecular weight excluding hydrogens is 242 g/mol. The first-order chi connectivity index (χ1) is 9.01. The van der Waals surface area contributed by atoms with Crippen LogP contribution in [0.2, 0.25) is 0 Å². The van der Waals surface area contributed by atoms with Crippen molar-refractivity contribution in [2.24, 2.45) is 0 Å². The standard InChI is InChI=1S/C14H27N3O2/c1-14(2,17-9-7-15-8-10-17)13(19)16-11-5-3-4-6-12(11)18/h11-12,15,18H,3-10H2,1-2H3,(H,16,19)/t11-,12-/m0/s1. The molecule has 5 heteroatoms. The molecule has 1 aliphatic carbocycles. The van der Waals surface area contributed by atoms with E-state index < -0.39 is 5.54 Å². The molecule has 2 aliphatic rings. The van der Waals surface area contributed by atoms with Gasteiger partial charge in [-0.05, 0) is 26.7 Å². The Hall–Kier alpha value is -0.650. The van der Waals surface area contributed by atoms with Gasteiger partial charge in [-0.15, -0.1) is 0 Å². The van der Waals surface area contributed by atoms with Crippen molar-refractivity contribution < 1.29 is 9.90 Å². The second-order valence-corrected chi connectivity index (χ2v) is 6.23. The molecule has 0 radical (unpaired) electrons. The van der Waals surface area contributed by atoms with E-state index in [0.717, 1.165) is 51.9 Å². The zero-order valence-electron chi connectivity index (χ0n) is 12.1. The lowest BCUT2D eigenvalue weighted by Gasteiger charge is -2.41. The zero-order valence-corrected chi connectivity index (χ0v) is 12.1. The summed E-state index contributed by atoms with van der Waals surface area (Å²) < 4.78 is 0. The van der Waals surface area contributed by atoms with Crippen LogP contribution < -0.4 is 10.6 Å². The maximum Gasteiger partial charge on any atom is 0.240 e. The normalized spacial score (nSPS) is 30.1. The van der Waals surface area contributed by atoms with Crippen LogP contribution in [0.1, 0.15) is 39.5 Å². The number of nitrogens with zero attached hydrogens (tertiary/aromatic N) is 1. The molecule has 0 unspecified atom stereocenters. The fourth-order valence-electron chi connectivity index (χ4n) is 2.99. The first-order valence-electron chi connectivity index (χ1n) is 7.46. The molecule has 1 heterocycles. The molecule has 1 aliphatic heterocycles. The number of piperazine rings is 1. The highest BCUT2D eigenvalue weighted by Crippen LogP contribution is 2.21. The predicted molar refractivity (Wildman–Crippen MR) is 74.9 cm³/mol. The SMILES string of the molecule is CC(C)(C(=O)N[C@H]1CCCC[C@@H]1O)N1CCNCC1. The summed E-state index contributed by atoms with van der Waals surface area (Å²) >= 11 is 0. The monoisotopic (exact) mass is 269 g/mol. The van der Waals surface area contributed by atoms with Crippen molar-refractivity contribution in [1.29, 1.82) is 0 Å². The van der Waals surface area contributed by atoms with Gasteiger partial charge in [-0.1, -0.05) is 12.8 Å². The smallest absolute Gasteiger partial charge is 0.240 e. The lowest BCUT2D eigenvalue weighted by molar-refractivity contribution is -0.134. The minimum Gasteiger partial charge on any atom is -0.391 e. The molecule has 3 N–H and O–H groups in total. The predicted octanol–water partition coefficient (Wildman–Crippen LogP) is 0.0899. The van der Waals surface area contributed by atoms with Gasteiger partial charge in [-0.25, -0.2) is 0 Å².